The van der Waals surface area contributed by atoms with Gasteiger partial charge in [-0.25, -0.2) is 0 Å². The summed E-state index contributed by atoms with van der Waals surface area (Å²) in [6.07, 6.45) is 0.892. The molecule has 0 saturated carbocycles. The molecule has 0 spiro atoms. The lowest BCUT2D eigenvalue weighted by molar-refractivity contribution is -0.124. The van der Waals surface area contributed by atoms with Gasteiger partial charge in [-0.05, 0) is 37.5 Å². The largest absolute Gasteiger partial charge is 0.494 e. The Labute approximate surface area is 121 Å². The Morgan fingerprint density at radius 2 is 2.05 bits per heavy atom. The van der Waals surface area contributed by atoms with E-state index in [9.17, 15) is 4.79 Å². The van der Waals surface area contributed by atoms with Gasteiger partial charge in [0.15, 0.2) is 0 Å². The minimum atomic E-state index is -0.461. The molecule has 0 radical (unpaired) electrons. The van der Waals surface area contributed by atoms with E-state index < -0.39 is 6.04 Å². The molecule has 0 bridgehead atoms. The second-order valence-corrected chi connectivity index (χ2v) is 5.15. The zero-order valence-corrected chi connectivity index (χ0v) is 12.8. The molecule has 3 atom stereocenters. The maximum atomic E-state index is 12.1. The fourth-order valence-electron chi connectivity index (χ4n) is 1.95. The van der Waals surface area contributed by atoms with Gasteiger partial charge in [0, 0.05) is 0 Å². The number of carbonyl (C=O) groups is 1. The third kappa shape index (κ3) is 4.53. The second-order valence-electron chi connectivity index (χ2n) is 5.15. The zero-order valence-electron chi connectivity index (χ0n) is 12.8. The highest BCUT2D eigenvalue weighted by molar-refractivity contribution is 5.82. The highest BCUT2D eigenvalue weighted by atomic mass is 16.5. The second kappa shape index (κ2) is 7.90. The van der Waals surface area contributed by atoms with E-state index in [0.717, 1.165) is 17.7 Å². The lowest BCUT2D eigenvalue weighted by Crippen LogP contribution is -2.45. The molecule has 112 valence electrons. The summed E-state index contributed by atoms with van der Waals surface area (Å²) in [5.41, 5.74) is 6.95. The van der Waals surface area contributed by atoms with Crippen LogP contribution in [0.25, 0.3) is 0 Å². The maximum Gasteiger partial charge on any atom is 0.237 e. The summed E-state index contributed by atoms with van der Waals surface area (Å²) in [7, 11) is 0. The van der Waals surface area contributed by atoms with E-state index >= 15 is 0 Å². The maximum absolute atomic E-state index is 12.1. The lowest BCUT2D eigenvalue weighted by Gasteiger charge is -2.21. The van der Waals surface area contributed by atoms with Gasteiger partial charge in [-0.15, -0.1) is 0 Å². The molecule has 0 aliphatic carbocycles. The van der Waals surface area contributed by atoms with Crippen molar-refractivity contribution in [2.45, 2.75) is 46.2 Å². The summed E-state index contributed by atoms with van der Waals surface area (Å²) in [4.78, 5) is 12.1. The van der Waals surface area contributed by atoms with Crippen LogP contribution in [-0.2, 0) is 4.79 Å². The molecule has 0 aliphatic heterocycles. The number of nitrogens with two attached hydrogens (primary N) is 1. The predicted octanol–water partition coefficient (Wildman–Crippen LogP) is 2.64. The molecule has 20 heavy (non-hydrogen) atoms. The van der Waals surface area contributed by atoms with E-state index in [-0.39, 0.29) is 17.9 Å². The van der Waals surface area contributed by atoms with Crippen LogP contribution in [0.2, 0.25) is 0 Å². The molecule has 0 aliphatic rings. The number of benzene rings is 1. The summed E-state index contributed by atoms with van der Waals surface area (Å²) in [6, 6.07) is 7.21. The van der Waals surface area contributed by atoms with Crippen molar-refractivity contribution in [3.8, 4) is 5.75 Å². The van der Waals surface area contributed by atoms with Crippen LogP contribution in [-0.4, -0.2) is 18.6 Å². The van der Waals surface area contributed by atoms with Gasteiger partial charge in [-0.2, -0.15) is 0 Å². The third-order valence-electron chi connectivity index (χ3n) is 3.59. The Bertz CT molecular complexity index is 434. The quantitative estimate of drug-likeness (QED) is 0.806. The Balaban J connectivity index is 2.68. The molecule has 1 aromatic rings. The van der Waals surface area contributed by atoms with Crippen molar-refractivity contribution in [2.24, 2.45) is 11.7 Å². The first kappa shape index (κ1) is 16.5. The number of nitrogens with one attached hydrogen (secondary N) is 1. The first-order valence-electron chi connectivity index (χ1n) is 7.28. The number of amides is 1. The molecule has 0 saturated heterocycles. The lowest BCUT2D eigenvalue weighted by atomic mass is 9.98. The van der Waals surface area contributed by atoms with E-state index in [1.54, 1.807) is 0 Å². The molecule has 3 N–H and O–H groups in total. The molecule has 0 heterocycles. The smallest absolute Gasteiger partial charge is 0.237 e. The number of ether oxygens (including phenoxy) is 1. The van der Waals surface area contributed by atoms with Crippen LogP contribution in [0.3, 0.4) is 0 Å². The van der Waals surface area contributed by atoms with Crippen molar-refractivity contribution in [2.75, 3.05) is 6.61 Å². The van der Waals surface area contributed by atoms with E-state index in [0.29, 0.717) is 6.61 Å². The number of rotatable bonds is 7. The standard InChI is InChI=1S/C16H26N2O2/c1-5-11(3)15(17)16(19)18-12(4)13-8-7-9-14(10-13)20-6-2/h7-12,15H,5-6,17H2,1-4H3,(H,18,19)/t11-,12-,15-/m0/s1. The van der Waals surface area contributed by atoms with E-state index in [1.807, 2.05) is 52.0 Å². The Morgan fingerprint density at radius 1 is 1.35 bits per heavy atom. The topological polar surface area (TPSA) is 64.3 Å². The zero-order chi connectivity index (χ0) is 15.1. The summed E-state index contributed by atoms with van der Waals surface area (Å²) in [5.74, 6) is 0.892. The summed E-state index contributed by atoms with van der Waals surface area (Å²) in [6.45, 7) is 8.55. The minimum Gasteiger partial charge on any atom is -0.494 e. The van der Waals surface area contributed by atoms with Crippen molar-refractivity contribution in [3.63, 3.8) is 0 Å². The highest BCUT2D eigenvalue weighted by Gasteiger charge is 2.21. The van der Waals surface area contributed by atoms with Gasteiger partial charge in [-0.1, -0.05) is 32.4 Å². The van der Waals surface area contributed by atoms with Gasteiger partial charge in [0.25, 0.3) is 0 Å². The fraction of sp³-hybridized carbons (Fsp3) is 0.562. The number of hydrogen-bond donors (Lipinski definition) is 2. The first-order valence-corrected chi connectivity index (χ1v) is 7.28. The van der Waals surface area contributed by atoms with Gasteiger partial charge in [-0.3, -0.25) is 4.79 Å². The summed E-state index contributed by atoms with van der Waals surface area (Å²) >= 11 is 0. The first-order chi connectivity index (χ1) is 9.49. The van der Waals surface area contributed by atoms with Crippen molar-refractivity contribution in [1.29, 1.82) is 0 Å². The Hall–Kier alpha value is -1.55. The van der Waals surface area contributed by atoms with Crippen molar-refractivity contribution >= 4 is 5.91 Å². The SMILES string of the molecule is CCOc1cccc([C@H](C)NC(=O)[C@@H](N)[C@@H](C)CC)c1. The molecule has 4 heteroatoms. The van der Waals surface area contributed by atoms with Crippen LogP contribution in [0.1, 0.15) is 45.7 Å². The predicted molar refractivity (Wildman–Crippen MR) is 81.6 cm³/mol. The van der Waals surface area contributed by atoms with Crippen LogP contribution >= 0.6 is 0 Å². The molecular weight excluding hydrogens is 252 g/mol. The average Bonchev–Trinajstić information content (AvgIpc) is 2.46. The van der Waals surface area contributed by atoms with E-state index in [1.165, 1.54) is 0 Å². The molecule has 1 aromatic carbocycles. The van der Waals surface area contributed by atoms with Gasteiger partial charge in [0.2, 0.25) is 5.91 Å². The molecule has 1 amide bonds. The fourth-order valence-corrected chi connectivity index (χ4v) is 1.95. The van der Waals surface area contributed by atoms with Gasteiger partial charge >= 0.3 is 0 Å². The molecule has 0 fully saturated rings. The van der Waals surface area contributed by atoms with Gasteiger partial charge in [0.1, 0.15) is 5.75 Å². The number of hydrogen-bond acceptors (Lipinski definition) is 3. The molecular formula is C16H26N2O2. The normalized spacial score (nSPS) is 15.2. The van der Waals surface area contributed by atoms with Crippen LogP contribution in [0, 0.1) is 5.92 Å². The van der Waals surface area contributed by atoms with Gasteiger partial charge in [0.05, 0.1) is 18.7 Å². The monoisotopic (exact) mass is 278 g/mol. The van der Waals surface area contributed by atoms with Crippen LogP contribution in [0.4, 0.5) is 0 Å². The Morgan fingerprint density at radius 3 is 2.65 bits per heavy atom. The average molecular weight is 278 g/mol. The van der Waals surface area contributed by atoms with Gasteiger partial charge < -0.3 is 15.8 Å². The van der Waals surface area contributed by atoms with E-state index in [4.69, 9.17) is 10.5 Å². The van der Waals surface area contributed by atoms with Crippen molar-refractivity contribution in [1.82, 2.24) is 5.32 Å². The molecule has 0 unspecified atom stereocenters. The molecule has 4 nitrogen and oxygen atoms in total. The minimum absolute atomic E-state index is 0.0852. The summed E-state index contributed by atoms with van der Waals surface area (Å²) < 4.78 is 5.47. The summed E-state index contributed by atoms with van der Waals surface area (Å²) in [5, 5.41) is 2.96. The van der Waals surface area contributed by atoms with Crippen LogP contribution < -0.4 is 15.8 Å². The highest BCUT2D eigenvalue weighted by Crippen LogP contribution is 2.19. The molecule has 0 aromatic heterocycles. The van der Waals surface area contributed by atoms with Crippen LogP contribution in [0.15, 0.2) is 24.3 Å². The van der Waals surface area contributed by atoms with Crippen molar-refractivity contribution < 1.29 is 9.53 Å². The van der Waals surface area contributed by atoms with E-state index in [2.05, 4.69) is 5.32 Å². The van der Waals surface area contributed by atoms with Crippen LogP contribution in [0.5, 0.6) is 5.75 Å². The van der Waals surface area contributed by atoms with Crippen molar-refractivity contribution in [3.05, 3.63) is 29.8 Å². The number of carbonyl (C=O) groups excluding carboxylic acids is 1. The molecule has 1 rings (SSSR count). The third-order valence-corrected chi connectivity index (χ3v) is 3.59. The Kier molecular flexibility index (Phi) is 6.52.